The van der Waals surface area contributed by atoms with E-state index < -0.39 is 0 Å². The lowest BCUT2D eigenvalue weighted by Crippen LogP contribution is -2.26. The second-order valence-corrected chi connectivity index (χ2v) is 6.53. The summed E-state index contributed by atoms with van der Waals surface area (Å²) in [4.78, 5) is 15.6. The Labute approximate surface area is 109 Å². The number of rotatable bonds is 0. The molecule has 1 heterocycles. The topological polar surface area (TPSA) is 32.9 Å². The van der Waals surface area contributed by atoms with E-state index >= 15 is 0 Å². The molecule has 2 nitrogen and oxygen atoms in total. The maximum absolute atomic E-state index is 12.2. The van der Waals surface area contributed by atoms with Gasteiger partial charge in [-0.2, -0.15) is 0 Å². The number of aromatic amines is 1. The Balaban J connectivity index is 2.28. The van der Waals surface area contributed by atoms with Crippen LogP contribution in [0.5, 0.6) is 0 Å². The van der Waals surface area contributed by atoms with Crippen LogP contribution in [0.2, 0.25) is 0 Å². The number of hydrogen-bond donors (Lipinski definition) is 1. The van der Waals surface area contributed by atoms with Gasteiger partial charge >= 0.3 is 0 Å². The van der Waals surface area contributed by atoms with Crippen molar-refractivity contribution in [3.8, 4) is 0 Å². The van der Waals surface area contributed by atoms with Crippen LogP contribution in [0.25, 0.3) is 10.9 Å². The summed E-state index contributed by atoms with van der Waals surface area (Å²) < 4.78 is 1.04. The summed E-state index contributed by atoms with van der Waals surface area (Å²) in [5.74, 6) is 0.268. The fourth-order valence-electron chi connectivity index (χ4n) is 2.74. The number of Topliss-reactive ketones (excluding diaryl/α,β-unsaturated/α-hetero) is 1. The van der Waals surface area contributed by atoms with E-state index in [4.69, 9.17) is 0 Å². The molecule has 0 bridgehead atoms. The number of halogens is 1. The number of hydrogen-bond acceptors (Lipinski definition) is 1. The number of carbonyl (C=O) groups is 1. The van der Waals surface area contributed by atoms with Crippen LogP contribution in [-0.4, -0.2) is 10.8 Å². The first kappa shape index (κ1) is 11.0. The van der Waals surface area contributed by atoms with Gasteiger partial charge < -0.3 is 4.98 Å². The summed E-state index contributed by atoms with van der Waals surface area (Å²) in [6.45, 7) is 4.30. The van der Waals surface area contributed by atoms with Crippen LogP contribution in [-0.2, 0) is 6.42 Å². The average molecular weight is 292 g/mol. The summed E-state index contributed by atoms with van der Waals surface area (Å²) in [6, 6.07) is 6.04. The second-order valence-electron chi connectivity index (χ2n) is 5.61. The molecule has 3 rings (SSSR count). The molecule has 1 aromatic heterocycles. The fraction of sp³-hybridized carbons (Fsp3) is 0.357. The highest BCUT2D eigenvalue weighted by Gasteiger charge is 2.33. The smallest absolute Gasteiger partial charge is 0.165 e. The second kappa shape index (κ2) is 3.45. The number of fused-ring (bicyclic) bond motifs is 3. The van der Waals surface area contributed by atoms with Crippen LogP contribution < -0.4 is 0 Å². The number of nitrogens with one attached hydrogen (secondary N) is 1. The van der Waals surface area contributed by atoms with Crippen molar-refractivity contribution >= 4 is 32.6 Å². The van der Waals surface area contributed by atoms with Gasteiger partial charge in [-0.1, -0.05) is 35.8 Å². The van der Waals surface area contributed by atoms with Crippen LogP contribution in [0, 0.1) is 5.41 Å². The minimum Gasteiger partial charge on any atom is -0.358 e. The normalized spacial score (nSPS) is 18.4. The molecule has 1 aromatic carbocycles. The number of ketones is 1. The molecule has 0 unspecified atom stereocenters. The van der Waals surface area contributed by atoms with Crippen molar-refractivity contribution in [2.24, 2.45) is 5.41 Å². The first-order chi connectivity index (χ1) is 7.96. The molecule has 0 fully saturated rings. The first-order valence-corrected chi connectivity index (χ1v) is 6.59. The van der Waals surface area contributed by atoms with Gasteiger partial charge in [-0.3, -0.25) is 4.79 Å². The van der Waals surface area contributed by atoms with Crippen LogP contribution >= 0.6 is 15.9 Å². The summed E-state index contributed by atoms with van der Waals surface area (Å²) in [7, 11) is 0. The molecule has 88 valence electrons. The van der Waals surface area contributed by atoms with Crippen molar-refractivity contribution in [1.82, 2.24) is 4.98 Å². The predicted octanol–water partition coefficient (Wildman–Crippen LogP) is 4.09. The number of benzene rings is 1. The minimum absolute atomic E-state index is 0.0716. The highest BCUT2D eigenvalue weighted by atomic mass is 79.9. The quantitative estimate of drug-likeness (QED) is 0.779. The van der Waals surface area contributed by atoms with Crippen molar-refractivity contribution in [1.29, 1.82) is 0 Å². The van der Waals surface area contributed by atoms with Gasteiger partial charge in [-0.25, -0.2) is 0 Å². The maximum atomic E-state index is 12.2. The highest BCUT2D eigenvalue weighted by molar-refractivity contribution is 9.10. The van der Waals surface area contributed by atoms with E-state index in [0.29, 0.717) is 6.42 Å². The average Bonchev–Trinajstić information content (AvgIpc) is 2.52. The predicted molar refractivity (Wildman–Crippen MR) is 72.4 cm³/mol. The van der Waals surface area contributed by atoms with Crippen molar-refractivity contribution in [3.05, 3.63) is 33.9 Å². The molecular weight excluding hydrogens is 278 g/mol. The lowest BCUT2D eigenvalue weighted by molar-refractivity contribution is 0.0913. The van der Waals surface area contributed by atoms with E-state index in [0.717, 1.165) is 33.1 Å². The summed E-state index contributed by atoms with van der Waals surface area (Å²) in [5, 5.41) is 1.06. The van der Waals surface area contributed by atoms with Gasteiger partial charge in [-0.15, -0.1) is 0 Å². The van der Waals surface area contributed by atoms with Crippen LogP contribution in [0.15, 0.2) is 22.7 Å². The third kappa shape index (κ3) is 1.73. The zero-order valence-corrected chi connectivity index (χ0v) is 11.5. The van der Waals surface area contributed by atoms with Gasteiger partial charge in [0.15, 0.2) is 5.78 Å². The Hall–Kier alpha value is -1.09. The van der Waals surface area contributed by atoms with Gasteiger partial charge in [0.2, 0.25) is 0 Å². The van der Waals surface area contributed by atoms with Gasteiger partial charge in [0.25, 0.3) is 0 Å². The minimum atomic E-state index is 0.0716. The Morgan fingerprint density at radius 2 is 2.06 bits per heavy atom. The Kier molecular flexibility index (Phi) is 2.24. The molecule has 0 amide bonds. The van der Waals surface area contributed by atoms with E-state index in [1.54, 1.807) is 0 Å². The van der Waals surface area contributed by atoms with E-state index in [9.17, 15) is 4.79 Å². The lowest BCUT2D eigenvalue weighted by Gasteiger charge is -2.28. The third-order valence-electron chi connectivity index (χ3n) is 3.41. The van der Waals surface area contributed by atoms with Gasteiger partial charge in [0.05, 0.1) is 0 Å². The van der Waals surface area contributed by atoms with E-state index in [-0.39, 0.29) is 11.2 Å². The standard InChI is InChI=1S/C14H14BrNO/c1-14(2)6-11-13(12(17)7-14)9-4-3-8(15)5-10(9)16-11/h3-5,16H,6-7H2,1-2H3. The lowest BCUT2D eigenvalue weighted by atomic mass is 9.76. The van der Waals surface area contributed by atoms with Crippen molar-refractivity contribution in [2.75, 3.05) is 0 Å². The molecule has 1 aliphatic rings. The number of carbonyl (C=O) groups excluding carboxylic acids is 1. The Morgan fingerprint density at radius 1 is 1.29 bits per heavy atom. The molecule has 2 aromatic rings. The summed E-state index contributed by atoms with van der Waals surface area (Å²) in [6.07, 6.45) is 1.59. The van der Waals surface area contributed by atoms with E-state index in [1.807, 2.05) is 18.2 Å². The van der Waals surface area contributed by atoms with Crippen molar-refractivity contribution < 1.29 is 4.79 Å². The highest BCUT2D eigenvalue weighted by Crippen LogP contribution is 2.38. The van der Waals surface area contributed by atoms with Crippen LogP contribution in [0.4, 0.5) is 0 Å². The molecule has 3 heteroatoms. The largest absolute Gasteiger partial charge is 0.358 e. The van der Waals surface area contributed by atoms with E-state index in [1.165, 1.54) is 0 Å². The molecule has 0 saturated heterocycles. The SMILES string of the molecule is CC1(C)CC(=O)c2c([nH]c3cc(Br)ccc23)C1. The number of aromatic nitrogens is 1. The molecular formula is C14H14BrNO. The maximum Gasteiger partial charge on any atom is 0.165 e. The molecule has 0 radical (unpaired) electrons. The zero-order chi connectivity index (χ0) is 12.2. The molecule has 0 atom stereocenters. The Morgan fingerprint density at radius 3 is 2.82 bits per heavy atom. The molecule has 1 aliphatic carbocycles. The summed E-state index contributed by atoms with van der Waals surface area (Å²) in [5.41, 5.74) is 3.13. The molecule has 0 saturated carbocycles. The zero-order valence-electron chi connectivity index (χ0n) is 9.93. The monoisotopic (exact) mass is 291 g/mol. The van der Waals surface area contributed by atoms with Gasteiger partial charge in [0.1, 0.15) is 0 Å². The molecule has 0 spiro atoms. The van der Waals surface area contributed by atoms with Gasteiger partial charge in [-0.05, 0) is 24.0 Å². The molecule has 17 heavy (non-hydrogen) atoms. The van der Waals surface area contributed by atoms with Gasteiger partial charge in [0, 0.05) is 33.1 Å². The Bertz CT molecular complexity index is 624. The van der Waals surface area contributed by atoms with Crippen molar-refractivity contribution in [2.45, 2.75) is 26.7 Å². The molecule has 1 N–H and O–H groups in total. The summed E-state index contributed by atoms with van der Waals surface area (Å²) >= 11 is 3.46. The number of H-pyrrole nitrogens is 1. The third-order valence-corrected chi connectivity index (χ3v) is 3.90. The van der Waals surface area contributed by atoms with Crippen LogP contribution in [0.3, 0.4) is 0 Å². The van der Waals surface area contributed by atoms with Crippen molar-refractivity contribution in [3.63, 3.8) is 0 Å². The first-order valence-electron chi connectivity index (χ1n) is 5.80. The van der Waals surface area contributed by atoms with E-state index in [2.05, 4.69) is 34.8 Å². The molecule has 0 aliphatic heterocycles. The fourth-order valence-corrected chi connectivity index (χ4v) is 3.10. The van der Waals surface area contributed by atoms with Crippen LogP contribution in [0.1, 0.15) is 36.3 Å².